The topological polar surface area (TPSA) is 73.7 Å². The van der Waals surface area contributed by atoms with Gasteiger partial charge in [0.05, 0.1) is 11.1 Å². The third-order valence-corrected chi connectivity index (χ3v) is 5.95. The van der Waals surface area contributed by atoms with E-state index in [9.17, 15) is 27.9 Å². The maximum Gasteiger partial charge on any atom is 0.419 e. The number of alkyl halides is 3. The van der Waals surface area contributed by atoms with Gasteiger partial charge in [0.15, 0.2) is 0 Å². The van der Waals surface area contributed by atoms with Crippen molar-refractivity contribution in [1.29, 1.82) is 0 Å². The molecule has 6 nitrogen and oxygen atoms in total. The van der Waals surface area contributed by atoms with Gasteiger partial charge >= 0.3 is 12.1 Å². The molecule has 2 aromatic rings. The first-order valence-electron chi connectivity index (χ1n) is 10.7. The summed E-state index contributed by atoms with van der Waals surface area (Å²) in [5, 5.41) is 9.65. The van der Waals surface area contributed by atoms with Crippen LogP contribution < -0.4 is 4.90 Å². The molecule has 1 amide bonds. The number of amides is 1. The summed E-state index contributed by atoms with van der Waals surface area (Å²) >= 11 is 0. The van der Waals surface area contributed by atoms with E-state index in [1.807, 2.05) is 6.92 Å². The normalized spacial score (nSPS) is 15.0. The summed E-state index contributed by atoms with van der Waals surface area (Å²) in [5.74, 6) is -1.32. The zero-order chi connectivity index (χ0) is 24.6. The number of pyridine rings is 1. The number of carboxylic acid groups (broad SMARTS) is 1. The molecule has 0 aliphatic carbocycles. The Balaban J connectivity index is 1.75. The molecule has 0 radical (unpaired) electrons. The molecule has 1 aliphatic heterocycles. The maximum atomic E-state index is 13.3. The number of carbonyl (C=O) groups excluding carboxylic acids is 1. The molecule has 1 aromatic heterocycles. The molecule has 1 aromatic carbocycles. The van der Waals surface area contributed by atoms with Crippen LogP contribution >= 0.6 is 0 Å². The Morgan fingerprint density at radius 1 is 1.09 bits per heavy atom. The highest BCUT2D eigenvalue weighted by atomic mass is 19.4. The number of carboxylic acids is 1. The molecule has 0 spiro atoms. The fourth-order valence-corrected chi connectivity index (χ4v) is 4.47. The Morgan fingerprint density at radius 3 is 2.30 bits per heavy atom. The van der Waals surface area contributed by atoms with Crippen LogP contribution in [0.25, 0.3) is 0 Å². The molecule has 2 heterocycles. The lowest BCUT2D eigenvalue weighted by Crippen LogP contribution is -2.53. The lowest BCUT2D eigenvalue weighted by atomic mass is 9.81. The molecule has 0 saturated carbocycles. The van der Waals surface area contributed by atoms with Crippen LogP contribution in [0.15, 0.2) is 30.5 Å². The summed E-state index contributed by atoms with van der Waals surface area (Å²) in [6.45, 7) is 8.13. The van der Waals surface area contributed by atoms with E-state index in [1.54, 1.807) is 42.7 Å². The van der Waals surface area contributed by atoms with Gasteiger partial charge in [-0.05, 0) is 43.5 Å². The van der Waals surface area contributed by atoms with Crippen molar-refractivity contribution in [3.63, 3.8) is 0 Å². The molecule has 178 valence electrons. The number of anilines is 1. The van der Waals surface area contributed by atoms with Gasteiger partial charge < -0.3 is 14.9 Å². The first kappa shape index (κ1) is 24.5. The molecule has 0 atom stereocenters. The monoisotopic (exact) mass is 463 g/mol. The van der Waals surface area contributed by atoms with Crippen molar-refractivity contribution in [3.8, 4) is 0 Å². The quantitative estimate of drug-likeness (QED) is 0.715. The van der Waals surface area contributed by atoms with Crippen molar-refractivity contribution in [1.82, 2.24) is 9.88 Å². The van der Waals surface area contributed by atoms with E-state index in [0.717, 1.165) is 11.6 Å². The fraction of sp³-hybridized carbons (Fsp3) is 0.458. The Labute approximate surface area is 191 Å². The molecular formula is C24H28F3N3O3. The largest absolute Gasteiger partial charge is 0.478 e. The van der Waals surface area contributed by atoms with Crippen molar-refractivity contribution in [2.24, 2.45) is 5.41 Å². The van der Waals surface area contributed by atoms with Crippen LogP contribution in [0.1, 0.15) is 46.5 Å². The lowest BCUT2D eigenvalue weighted by molar-refractivity contribution is -0.141. The fourth-order valence-electron chi connectivity index (χ4n) is 4.47. The minimum absolute atomic E-state index is 0.127. The molecule has 1 aliphatic rings. The second-order valence-electron chi connectivity index (χ2n) is 9.13. The second kappa shape index (κ2) is 9.03. The van der Waals surface area contributed by atoms with Gasteiger partial charge in [0.2, 0.25) is 5.91 Å². The van der Waals surface area contributed by atoms with E-state index in [0.29, 0.717) is 11.1 Å². The van der Waals surface area contributed by atoms with E-state index in [4.69, 9.17) is 0 Å². The van der Waals surface area contributed by atoms with E-state index >= 15 is 0 Å². The molecule has 33 heavy (non-hydrogen) atoms. The van der Waals surface area contributed by atoms with Crippen molar-refractivity contribution in [2.75, 3.05) is 31.1 Å². The van der Waals surface area contributed by atoms with Crippen LogP contribution in [0.2, 0.25) is 0 Å². The number of piperazine rings is 1. The summed E-state index contributed by atoms with van der Waals surface area (Å²) < 4.78 is 40.0. The molecule has 1 fully saturated rings. The first-order chi connectivity index (χ1) is 15.3. The summed E-state index contributed by atoms with van der Waals surface area (Å²) in [5.41, 5.74) is 0.697. The van der Waals surface area contributed by atoms with Crippen molar-refractivity contribution >= 4 is 17.7 Å². The van der Waals surface area contributed by atoms with Crippen LogP contribution in [0.4, 0.5) is 19.0 Å². The second-order valence-corrected chi connectivity index (χ2v) is 9.13. The average Bonchev–Trinajstić information content (AvgIpc) is 2.71. The zero-order valence-corrected chi connectivity index (χ0v) is 19.2. The molecule has 9 heteroatoms. The SMILES string of the molecule is Cc1cc(C)c(C(=O)O)c(CC(C)(C)C(=O)N2CCN(c3ncccc3C(F)(F)F)CC2)c1. The van der Waals surface area contributed by atoms with Gasteiger partial charge in [0.25, 0.3) is 0 Å². The maximum absolute atomic E-state index is 13.3. The molecule has 1 saturated heterocycles. The lowest BCUT2D eigenvalue weighted by Gasteiger charge is -2.39. The minimum Gasteiger partial charge on any atom is -0.478 e. The highest BCUT2D eigenvalue weighted by Gasteiger charge is 2.38. The summed E-state index contributed by atoms with van der Waals surface area (Å²) in [7, 11) is 0. The number of benzene rings is 1. The van der Waals surface area contributed by atoms with Crippen molar-refractivity contribution in [3.05, 3.63) is 58.3 Å². The highest BCUT2D eigenvalue weighted by molar-refractivity contribution is 5.92. The summed E-state index contributed by atoms with van der Waals surface area (Å²) in [6.07, 6.45) is -2.93. The average molecular weight is 464 g/mol. The van der Waals surface area contributed by atoms with Crippen molar-refractivity contribution in [2.45, 2.75) is 40.3 Å². The Morgan fingerprint density at radius 2 is 1.73 bits per heavy atom. The van der Waals surface area contributed by atoms with E-state index in [1.165, 1.54) is 12.3 Å². The highest BCUT2D eigenvalue weighted by Crippen LogP contribution is 2.36. The predicted molar refractivity (Wildman–Crippen MR) is 118 cm³/mol. The van der Waals surface area contributed by atoms with Crippen LogP contribution in [0.5, 0.6) is 0 Å². The molecule has 0 unspecified atom stereocenters. The standard InChI is InChI=1S/C24H28F3N3O3/c1-15-12-16(2)19(21(31)32)17(13-15)14-23(3,4)22(33)30-10-8-29(9-11-30)20-18(24(25,26)27)6-5-7-28-20/h5-7,12-13H,8-11,14H2,1-4H3,(H,31,32). The van der Waals surface area contributed by atoms with Gasteiger partial charge in [-0.15, -0.1) is 0 Å². The van der Waals surface area contributed by atoms with Gasteiger partial charge in [-0.2, -0.15) is 13.2 Å². The first-order valence-corrected chi connectivity index (χ1v) is 10.7. The van der Waals surface area contributed by atoms with E-state index in [-0.39, 0.29) is 49.9 Å². The number of hydrogen-bond donors (Lipinski definition) is 1. The van der Waals surface area contributed by atoms with Crippen LogP contribution in [-0.2, 0) is 17.4 Å². The van der Waals surface area contributed by atoms with Crippen LogP contribution in [0, 0.1) is 19.3 Å². The smallest absolute Gasteiger partial charge is 0.419 e. The van der Waals surface area contributed by atoms with Gasteiger partial charge in [0, 0.05) is 37.8 Å². The number of aromatic carboxylic acids is 1. The number of rotatable bonds is 5. The molecular weight excluding hydrogens is 435 g/mol. The number of hydrogen-bond acceptors (Lipinski definition) is 4. The number of nitrogens with zero attached hydrogens (tertiary/aromatic N) is 3. The predicted octanol–water partition coefficient (Wildman–Crippen LogP) is 4.33. The number of halogens is 3. The molecule has 0 bridgehead atoms. The molecule has 3 rings (SSSR count). The third kappa shape index (κ3) is 5.29. The molecule has 1 N–H and O–H groups in total. The van der Waals surface area contributed by atoms with Crippen LogP contribution in [-0.4, -0.2) is 53.0 Å². The third-order valence-electron chi connectivity index (χ3n) is 5.95. The zero-order valence-electron chi connectivity index (χ0n) is 19.2. The van der Waals surface area contributed by atoms with Gasteiger partial charge in [0.1, 0.15) is 5.82 Å². The minimum atomic E-state index is -4.51. The number of aryl methyl sites for hydroxylation is 2. The van der Waals surface area contributed by atoms with Gasteiger partial charge in [-0.25, -0.2) is 9.78 Å². The Kier molecular flexibility index (Phi) is 6.72. The van der Waals surface area contributed by atoms with Crippen molar-refractivity contribution < 1.29 is 27.9 Å². The van der Waals surface area contributed by atoms with E-state index in [2.05, 4.69) is 4.98 Å². The van der Waals surface area contributed by atoms with Gasteiger partial charge in [-0.1, -0.05) is 31.5 Å². The number of aromatic nitrogens is 1. The number of carbonyl (C=O) groups is 2. The van der Waals surface area contributed by atoms with Crippen LogP contribution in [0.3, 0.4) is 0 Å². The Hall–Kier alpha value is -3.10. The van der Waals surface area contributed by atoms with E-state index < -0.39 is 23.1 Å². The summed E-state index contributed by atoms with van der Waals surface area (Å²) in [6, 6.07) is 5.86. The summed E-state index contributed by atoms with van der Waals surface area (Å²) in [4.78, 5) is 32.2. The Bertz CT molecular complexity index is 1060. The van der Waals surface area contributed by atoms with Gasteiger partial charge in [-0.3, -0.25) is 4.79 Å².